The molecular formula is C8H4BrFN2O2. The largest absolute Gasteiger partial charge is 0.478 e. The van der Waals surface area contributed by atoms with Crippen molar-refractivity contribution in [2.45, 2.75) is 0 Å². The summed E-state index contributed by atoms with van der Waals surface area (Å²) in [6.45, 7) is 0. The molecule has 0 saturated heterocycles. The molecule has 0 aliphatic heterocycles. The van der Waals surface area contributed by atoms with Crippen LogP contribution in [0.4, 0.5) is 4.39 Å². The molecule has 0 saturated carbocycles. The molecule has 0 aromatic carbocycles. The number of halogens is 2. The lowest BCUT2D eigenvalue weighted by Crippen LogP contribution is -1.93. The van der Waals surface area contributed by atoms with Crippen molar-refractivity contribution in [1.29, 1.82) is 0 Å². The number of aromatic carboxylic acids is 1. The van der Waals surface area contributed by atoms with E-state index in [-0.39, 0.29) is 15.6 Å². The molecular weight excluding hydrogens is 255 g/mol. The number of rotatable bonds is 1. The fourth-order valence-corrected chi connectivity index (χ4v) is 1.42. The Morgan fingerprint density at radius 2 is 2.36 bits per heavy atom. The van der Waals surface area contributed by atoms with Crippen LogP contribution >= 0.6 is 15.9 Å². The van der Waals surface area contributed by atoms with E-state index in [2.05, 4.69) is 21.0 Å². The number of carboxylic acids is 1. The highest BCUT2D eigenvalue weighted by atomic mass is 79.9. The Hall–Kier alpha value is -1.43. The van der Waals surface area contributed by atoms with Crippen LogP contribution in [0.3, 0.4) is 0 Å². The summed E-state index contributed by atoms with van der Waals surface area (Å²) in [4.78, 5) is 10.6. The summed E-state index contributed by atoms with van der Waals surface area (Å²) in [5, 5.41) is 12.5. The van der Waals surface area contributed by atoms with Gasteiger partial charge < -0.3 is 5.11 Å². The van der Waals surface area contributed by atoms with Crippen LogP contribution < -0.4 is 0 Å². The third-order valence-corrected chi connectivity index (χ3v) is 2.33. The smallest absolute Gasteiger partial charge is 0.337 e. The molecule has 6 heteroatoms. The first-order valence-electron chi connectivity index (χ1n) is 3.65. The fraction of sp³-hybridized carbons (Fsp3) is 0. The van der Waals surface area contributed by atoms with Gasteiger partial charge in [0, 0.05) is 6.20 Å². The third kappa shape index (κ3) is 1.27. The molecule has 0 spiro atoms. The number of carbonyl (C=O) groups is 1. The first-order valence-corrected chi connectivity index (χ1v) is 4.44. The number of carboxylic acid groups (broad SMARTS) is 1. The maximum atomic E-state index is 13.4. The van der Waals surface area contributed by atoms with Gasteiger partial charge in [-0.05, 0) is 22.0 Å². The van der Waals surface area contributed by atoms with Gasteiger partial charge in [-0.25, -0.2) is 13.7 Å². The molecule has 0 radical (unpaired) electrons. The SMILES string of the molecule is O=C(O)c1cc2c(F)c(Br)cnn2c1. The molecule has 0 aliphatic carbocycles. The van der Waals surface area contributed by atoms with Gasteiger partial charge in [0.15, 0.2) is 5.82 Å². The van der Waals surface area contributed by atoms with Crippen molar-refractivity contribution in [3.05, 3.63) is 34.3 Å². The van der Waals surface area contributed by atoms with Crippen molar-refractivity contribution < 1.29 is 14.3 Å². The van der Waals surface area contributed by atoms with E-state index in [4.69, 9.17) is 5.11 Å². The van der Waals surface area contributed by atoms with Crippen LogP contribution in [0.5, 0.6) is 0 Å². The number of hydrogen-bond donors (Lipinski definition) is 1. The van der Waals surface area contributed by atoms with Gasteiger partial charge in [0.2, 0.25) is 0 Å². The molecule has 72 valence electrons. The highest BCUT2D eigenvalue weighted by Gasteiger charge is 2.12. The van der Waals surface area contributed by atoms with E-state index in [1.54, 1.807) is 0 Å². The summed E-state index contributed by atoms with van der Waals surface area (Å²) in [5.41, 5.74) is 0.145. The Morgan fingerprint density at radius 3 is 3.00 bits per heavy atom. The van der Waals surface area contributed by atoms with Crippen LogP contribution in [0.2, 0.25) is 0 Å². The maximum Gasteiger partial charge on any atom is 0.337 e. The van der Waals surface area contributed by atoms with Crippen molar-refractivity contribution in [3.63, 3.8) is 0 Å². The van der Waals surface area contributed by atoms with Gasteiger partial charge in [-0.2, -0.15) is 5.10 Å². The van der Waals surface area contributed by atoms with Crippen LogP contribution in [0.15, 0.2) is 22.9 Å². The summed E-state index contributed by atoms with van der Waals surface area (Å²) in [6.07, 6.45) is 2.53. The molecule has 0 amide bonds. The van der Waals surface area contributed by atoms with Crippen molar-refractivity contribution in [1.82, 2.24) is 9.61 Å². The third-order valence-electron chi connectivity index (χ3n) is 1.78. The van der Waals surface area contributed by atoms with E-state index in [0.29, 0.717) is 0 Å². The second-order valence-electron chi connectivity index (χ2n) is 2.67. The normalized spacial score (nSPS) is 10.7. The standard InChI is InChI=1S/C8H4BrFN2O2/c9-5-2-11-12-3-4(8(13)14)1-6(12)7(5)10/h1-3H,(H,13,14). The van der Waals surface area contributed by atoms with E-state index >= 15 is 0 Å². The predicted octanol–water partition coefficient (Wildman–Crippen LogP) is 1.93. The molecule has 1 N–H and O–H groups in total. The minimum Gasteiger partial charge on any atom is -0.478 e. The van der Waals surface area contributed by atoms with Gasteiger partial charge in [-0.3, -0.25) is 0 Å². The molecule has 0 atom stereocenters. The summed E-state index contributed by atoms with van der Waals surface area (Å²) < 4.78 is 14.8. The molecule has 14 heavy (non-hydrogen) atoms. The topological polar surface area (TPSA) is 54.6 Å². The highest BCUT2D eigenvalue weighted by Crippen LogP contribution is 2.19. The maximum absolute atomic E-state index is 13.4. The van der Waals surface area contributed by atoms with Gasteiger partial charge in [-0.15, -0.1) is 0 Å². The van der Waals surface area contributed by atoms with E-state index in [1.165, 1.54) is 23.0 Å². The lowest BCUT2D eigenvalue weighted by Gasteiger charge is -1.95. The zero-order chi connectivity index (χ0) is 10.3. The molecule has 2 heterocycles. The van der Waals surface area contributed by atoms with Crippen LogP contribution in [0.1, 0.15) is 10.4 Å². The second-order valence-corrected chi connectivity index (χ2v) is 3.52. The van der Waals surface area contributed by atoms with Crippen LogP contribution in [0, 0.1) is 5.82 Å². The summed E-state index contributed by atoms with van der Waals surface area (Å²) in [5.74, 6) is -1.63. The number of hydrogen-bond acceptors (Lipinski definition) is 2. The molecule has 4 nitrogen and oxygen atoms in total. The zero-order valence-electron chi connectivity index (χ0n) is 6.74. The first kappa shape index (κ1) is 9.14. The number of fused-ring (bicyclic) bond motifs is 1. The minimum absolute atomic E-state index is 0.00880. The van der Waals surface area contributed by atoms with Crippen LogP contribution in [0.25, 0.3) is 5.52 Å². The molecule has 0 aliphatic rings. The molecule has 2 aromatic rings. The molecule has 2 aromatic heterocycles. The van der Waals surface area contributed by atoms with E-state index in [1.807, 2.05) is 0 Å². The molecule has 0 fully saturated rings. The van der Waals surface area contributed by atoms with E-state index < -0.39 is 11.8 Å². The highest BCUT2D eigenvalue weighted by molar-refractivity contribution is 9.10. The molecule has 2 rings (SSSR count). The van der Waals surface area contributed by atoms with E-state index in [9.17, 15) is 9.18 Å². The zero-order valence-corrected chi connectivity index (χ0v) is 8.32. The van der Waals surface area contributed by atoms with Crippen LogP contribution in [-0.2, 0) is 0 Å². The van der Waals surface area contributed by atoms with Crippen molar-refractivity contribution >= 4 is 27.4 Å². The Morgan fingerprint density at radius 1 is 1.64 bits per heavy atom. The lowest BCUT2D eigenvalue weighted by atomic mass is 10.3. The van der Waals surface area contributed by atoms with Gasteiger partial charge >= 0.3 is 5.97 Å². The van der Waals surface area contributed by atoms with Gasteiger partial charge in [0.05, 0.1) is 16.2 Å². The Labute approximate surface area is 86.1 Å². The van der Waals surface area contributed by atoms with E-state index in [0.717, 1.165) is 0 Å². The average Bonchev–Trinajstić information content (AvgIpc) is 2.56. The number of aromatic nitrogens is 2. The predicted molar refractivity (Wildman–Crippen MR) is 49.8 cm³/mol. The summed E-state index contributed by atoms with van der Waals surface area (Å²) in [6, 6.07) is 1.23. The van der Waals surface area contributed by atoms with Crippen molar-refractivity contribution in [3.8, 4) is 0 Å². The number of nitrogens with zero attached hydrogens (tertiary/aromatic N) is 2. The Balaban J connectivity index is 2.77. The Bertz CT molecular complexity index is 523. The summed E-state index contributed by atoms with van der Waals surface area (Å²) in [7, 11) is 0. The second kappa shape index (κ2) is 3.06. The lowest BCUT2D eigenvalue weighted by molar-refractivity contribution is 0.0697. The fourth-order valence-electron chi connectivity index (χ4n) is 1.12. The first-order chi connectivity index (χ1) is 6.59. The van der Waals surface area contributed by atoms with Gasteiger partial charge in [0.1, 0.15) is 5.52 Å². The Kier molecular flexibility index (Phi) is 1.99. The van der Waals surface area contributed by atoms with Crippen molar-refractivity contribution in [2.24, 2.45) is 0 Å². The minimum atomic E-state index is -1.11. The quantitative estimate of drug-likeness (QED) is 0.851. The van der Waals surface area contributed by atoms with Crippen molar-refractivity contribution in [2.75, 3.05) is 0 Å². The van der Waals surface area contributed by atoms with Gasteiger partial charge in [-0.1, -0.05) is 0 Å². The molecule has 0 unspecified atom stereocenters. The van der Waals surface area contributed by atoms with Crippen LogP contribution in [-0.4, -0.2) is 20.7 Å². The average molecular weight is 259 g/mol. The molecule has 0 bridgehead atoms. The monoisotopic (exact) mass is 258 g/mol. The summed E-state index contributed by atoms with van der Waals surface area (Å²) >= 11 is 2.96. The van der Waals surface area contributed by atoms with Gasteiger partial charge in [0.25, 0.3) is 0 Å².